The fraction of sp³-hybridized carbons (Fsp3) is 0.308. The first-order valence-corrected chi connectivity index (χ1v) is 12.2. The zero-order valence-electron chi connectivity index (χ0n) is 18.8. The van der Waals surface area contributed by atoms with Gasteiger partial charge in [-0.3, -0.25) is 14.5 Å². The third kappa shape index (κ3) is 6.27. The predicted octanol–water partition coefficient (Wildman–Crippen LogP) is 4.89. The van der Waals surface area contributed by atoms with Crippen LogP contribution in [0.5, 0.6) is 0 Å². The van der Waals surface area contributed by atoms with E-state index in [1.807, 2.05) is 61.5 Å². The molecule has 3 aromatic rings. The zero-order chi connectivity index (χ0) is 23.0. The van der Waals surface area contributed by atoms with Gasteiger partial charge in [0.15, 0.2) is 0 Å². The van der Waals surface area contributed by atoms with Gasteiger partial charge in [-0.2, -0.15) is 0 Å². The number of benzene rings is 2. The molecule has 1 saturated heterocycles. The molecule has 1 aliphatic rings. The van der Waals surface area contributed by atoms with Crippen molar-refractivity contribution in [1.82, 2.24) is 10.2 Å². The Bertz CT molecular complexity index is 1060. The summed E-state index contributed by atoms with van der Waals surface area (Å²) >= 11 is 1.36. The van der Waals surface area contributed by atoms with Gasteiger partial charge in [0.05, 0.1) is 23.6 Å². The minimum Gasteiger partial charge on any atom is -0.468 e. The minimum absolute atomic E-state index is 0.0200. The number of likely N-dealkylation sites (tertiary alicyclic amines) is 1. The molecule has 0 spiro atoms. The summed E-state index contributed by atoms with van der Waals surface area (Å²) in [5.41, 5.74) is 2.48. The SMILES string of the molecule is Cc1ccc(NC(=O)CSc2ccccc2C(=O)NC[C@H](c2ccco2)N2CCCC2)cc1. The molecule has 7 heteroatoms. The van der Waals surface area contributed by atoms with E-state index >= 15 is 0 Å². The average Bonchev–Trinajstić information content (AvgIpc) is 3.55. The van der Waals surface area contributed by atoms with Crippen LogP contribution in [-0.4, -0.2) is 42.1 Å². The van der Waals surface area contributed by atoms with Gasteiger partial charge in [0.25, 0.3) is 5.91 Å². The number of aryl methyl sites for hydroxylation is 1. The van der Waals surface area contributed by atoms with Crippen molar-refractivity contribution in [2.24, 2.45) is 0 Å². The number of furan rings is 1. The Morgan fingerprint density at radius 1 is 1.03 bits per heavy atom. The maximum Gasteiger partial charge on any atom is 0.252 e. The quantitative estimate of drug-likeness (QED) is 0.442. The molecular formula is C26H29N3O3S. The van der Waals surface area contributed by atoms with Gasteiger partial charge in [-0.15, -0.1) is 11.8 Å². The Kier molecular flexibility index (Phi) is 7.86. The Morgan fingerprint density at radius 2 is 1.79 bits per heavy atom. The van der Waals surface area contributed by atoms with Crippen molar-refractivity contribution < 1.29 is 14.0 Å². The first kappa shape index (κ1) is 23.1. The standard InChI is InChI=1S/C26H29N3O3S/c1-19-10-12-20(13-11-19)28-25(30)18-33-24-9-3-2-7-21(24)26(31)27-17-22(23-8-6-16-32-23)29-14-4-5-15-29/h2-3,6-13,16,22H,4-5,14-15,17-18H2,1H3,(H,27,31)(H,28,30)/t22-/m1/s1. The summed E-state index contributed by atoms with van der Waals surface area (Å²) in [4.78, 5) is 28.6. The van der Waals surface area contributed by atoms with Crippen LogP contribution in [0.1, 0.15) is 40.6 Å². The molecule has 2 aromatic carbocycles. The molecule has 6 nitrogen and oxygen atoms in total. The van der Waals surface area contributed by atoms with E-state index in [0.717, 1.165) is 47.8 Å². The van der Waals surface area contributed by atoms with Crippen LogP contribution >= 0.6 is 11.8 Å². The van der Waals surface area contributed by atoms with E-state index in [2.05, 4.69) is 15.5 Å². The summed E-state index contributed by atoms with van der Waals surface area (Å²) in [6, 6.07) is 19.0. The van der Waals surface area contributed by atoms with E-state index in [4.69, 9.17) is 4.42 Å². The van der Waals surface area contributed by atoms with Crippen LogP contribution in [0, 0.1) is 6.92 Å². The predicted molar refractivity (Wildman–Crippen MR) is 132 cm³/mol. The number of carbonyl (C=O) groups excluding carboxylic acids is 2. The first-order chi connectivity index (χ1) is 16.1. The highest BCUT2D eigenvalue weighted by molar-refractivity contribution is 8.00. The summed E-state index contributed by atoms with van der Waals surface area (Å²) in [5, 5.41) is 5.98. The molecule has 0 unspecified atom stereocenters. The zero-order valence-corrected chi connectivity index (χ0v) is 19.6. The smallest absolute Gasteiger partial charge is 0.252 e. The van der Waals surface area contributed by atoms with Crippen molar-refractivity contribution in [2.75, 3.05) is 30.7 Å². The largest absolute Gasteiger partial charge is 0.468 e. The first-order valence-electron chi connectivity index (χ1n) is 11.2. The summed E-state index contributed by atoms with van der Waals surface area (Å²) in [6.45, 7) is 4.48. The molecule has 1 aliphatic heterocycles. The van der Waals surface area contributed by atoms with E-state index in [-0.39, 0.29) is 23.6 Å². The summed E-state index contributed by atoms with van der Waals surface area (Å²) in [6.07, 6.45) is 4.00. The molecule has 1 aromatic heterocycles. The van der Waals surface area contributed by atoms with Gasteiger partial charge in [-0.05, 0) is 69.3 Å². The van der Waals surface area contributed by atoms with Gasteiger partial charge in [0.1, 0.15) is 5.76 Å². The van der Waals surface area contributed by atoms with Crippen LogP contribution in [0.3, 0.4) is 0 Å². The second-order valence-corrected chi connectivity index (χ2v) is 9.20. The molecule has 0 aliphatic carbocycles. The van der Waals surface area contributed by atoms with Crippen LogP contribution in [0.15, 0.2) is 76.2 Å². The van der Waals surface area contributed by atoms with Crippen molar-refractivity contribution in [3.8, 4) is 0 Å². The molecule has 2 N–H and O–H groups in total. The lowest BCUT2D eigenvalue weighted by Crippen LogP contribution is -2.36. The van der Waals surface area contributed by atoms with E-state index in [0.29, 0.717) is 12.1 Å². The van der Waals surface area contributed by atoms with Gasteiger partial charge in [0, 0.05) is 17.1 Å². The number of nitrogens with zero attached hydrogens (tertiary/aromatic N) is 1. The van der Waals surface area contributed by atoms with Crippen molar-refractivity contribution in [3.05, 3.63) is 83.8 Å². The number of thioether (sulfide) groups is 1. The average molecular weight is 464 g/mol. The topological polar surface area (TPSA) is 74.6 Å². The van der Waals surface area contributed by atoms with Crippen LogP contribution in [0.4, 0.5) is 5.69 Å². The van der Waals surface area contributed by atoms with E-state index in [9.17, 15) is 9.59 Å². The maximum absolute atomic E-state index is 13.0. The minimum atomic E-state index is -0.146. The summed E-state index contributed by atoms with van der Waals surface area (Å²) in [7, 11) is 0. The summed E-state index contributed by atoms with van der Waals surface area (Å²) in [5.74, 6) is 0.840. The summed E-state index contributed by atoms with van der Waals surface area (Å²) < 4.78 is 5.65. The van der Waals surface area contributed by atoms with E-state index < -0.39 is 0 Å². The number of rotatable bonds is 9. The number of amides is 2. The van der Waals surface area contributed by atoms with Crippen LogP contribution in [0.25, 0.3) is 0 Å². The molecule has 0 saturated carbocycles. The second-order valence-electron chi connectivity index (χ2n) is 8.18. The third-order valence-electron chi connectivity index (χ3n) is 5.73. The molecule has 172 valence electrons. The molecule has 33 heavy (non-hydrogen) atoms. The molecule has 2 amide bonds. The highest BCUT2D eigenvalue weighted by Gasteiger charge is 2.26. The lowest BCUT2D eigenvalue weighted by molar-refractivity contribution is -0.113. The number of nitrogens with one attached hydrogen (secondary N) is 2. The fourth-order valence-corrected chi connectivity index (χ4v) is 4.84. The van der Waals surface area contributed by atoms with Crippen LogP contribution in [-0.2, 0) is 4.79 Å². The van der Waals surface area contributed by atoms with Crippen molar-refractivity contribution in [3.63, 3.8) is 0 Å². The molecule has 0 bridgehead atoms. The number of carbonyl (C=O) groups is 2. The van der Waals surface area contributed by atoms with Gasteiger partial charge in [0.2, 0.25) is 5.91 Å². The number of hydrogen-bond donors (Lipinski definition) is 2. The van der Waals surface area contributed by atoms with E-state index in [1.165, 1.54) is 11.8 Å². The number of anilines is 1. The monoisotopic (exact) mass is 463 g/mol. The molecule has 1 atom stereocenters. The van der Waals surface area contributed by atoms with Crippen molar-refractivity contribution in [1.29, 1.82) is 0 Å². The Balaban J connectivity index is 1.36. The lowest BCUT2D eigenvalue weighted by Gasteiger charge is -2.26. The van der Waals surface area contributed by atoms with Gasteiger partial charge in [-0.1, -0.05) is 29.8 Å². The normalized spacial score (nSPS) is 14.7. The molecule has 2 heterocycles. The molecule has 4 rings (SSSR count). The maximum atomic E-state index is 13.0. The Hall–Kier alpha value is -3.03. The fourth-order valence-electron chi connectivity index (χ4n) is 3.99. The highest BCUT2D eigenvalue weighted by Crippen LogP contribution is 2.26. The van der Waals surface area contributed by atoms with Crippen LogP contribution < -0.4 is 10.6 Å². The molecular weight excluding hydrogens is 434 g/mol. The Morgan fingerprint density at radius 3 is 2.52 bits per heavy atom. The van der Waals surface area contributed by atoms with Crippen LogP contribution in [0.2, 0.25) is 0 Å². The van der Waals surface area contributed by atoms with Gasteiger partial charge in [-0.25, -0.2) is 0 Å². The molecule has 0 radical (unpaired) electrons. The third-order valence-corrected chi connectivity index (χ3v) is 6.81. The second kappa shape index (κ2) is 11.2. The molecule has 1 fully saturated rings. The van der Waals surface area contributed by atoms with Crippen molar-refractivity contribution >= 4 is 29.3 Å². The van der Waals surface area contributed by atoms with Gasteiger partial charge < -0.3 is 15.1 Å². The lowest BCUT2D eigenvalue weighted by atomic mass is 10.1. The highest BCUT2D eigenvalue weighted by atomic mass is 32.2. The van der Waals surface area contributed by atoms with Gasteiger partial charge >= 0.3 is 0 Å². The number of hydrogen-bond acceptors (Lipinski definition) is 5. The van der Waals surface area contributed by atoms with Crippen molar-refractivity contribution in [2.45, 2.75) is 30.7 Å². The Labute approximate surface area is 198 Å². The van der Waals surface area contributed by atoms with E-state index in [1.54, 1.807) is 12.3 Å².